The largest absolute Gasteiger partial charge is 0.350 e. The molecule has 2 aliphatic rings. The molecule has 1 N–H and O–H groups in total. The van der Waals surface area contributed by atoms with Crippen molar-refractivity contribution < 1.29 is 26.4 Å². The summed E-state index contributed by atoms with van der Waals surface area (Å²) < 4.78 is 68.1. The number of carbonyl (C=O) groups excluding carboxylic acids is 1. The van der Waals surface area contributed by atoms with E-state index in [1.54, 1.807) is 6.92 Å². The topological polar surface area (TPSA) is 69.7 Å². The highest BCUT2D eigenvalue weighted by Crippen LogP contribution is 2.41. The maximum absolute atomic E-state index is 14.1. The van der Waals surface area contributed by atoms with Crippen LogP contribution in [0.5, 0.6) is 0 Å². The van der Waals surface area contributed by atoms with E-state index in [9.17, 15) is 26.4 Å². The van der Waals surface area contributed by atoms with E-state index >= 15 is 0 Å². The summed E-state index contributed by atoms with van der Waals surface area (Å²) in [5.41, 5.74) is -0.901. The van der Waals surface area contributed by atoms with Crippen molar-refractivity contribution in [2.75, 3.05) is 38.5 Å². The minimum Gasteiger partial charge on any atom is -0.350 e. The van der Waals surface area contributed by atoms with Crippen LogP contribution in [0.25, 0.3) is 0 Å². The quantitative estimate of drug-likeness (QED) is 0.578. The third-order valence-electron chi connectivity index (χ3n) is 6.43. The predicted molar refractivity (Wildman–Crippen MR) is 124 cm³/mol. The summed E-state index contributed by atoms with van der Waals surface area (Å²) in [6.45, 7) is 3.21. The molecule has 1 saturated heterocycles. The minimum absolute atomic E-state index is 0. The van der Waals surface area contributed by atoms with Crippen molar-refractivity contribution >= 4 is 39.9 Å². The number of alkyl halides is 2. The lowest BCUT2D eigenvalue weighted by molar-refractivity contribution is -0.0856. The molecule has 1 aliphatic heterocycles. The average molecular weight is 532 g/mol. The van der Waals surface area contributed by atoms with Gasteiger partial charge in [-0.15, -0.1) is 12.4 Å². The van der Waals surface area contributed by atoms with E-state index in [2.05, 4.69) is 5.32 Å². The van der Waals surface area contributed by atoms with Crippen molar-refractivity contribution in [1.29, 1.82) is 0 Å². The number of hydrogen-bond donors (Lipinski definition) is 1. The summed E-state index contributed by atoms with van der Waals surface area (Å²) in [7, 11) is -3.33. The third-order valence-corrected chi connectivity index (χ3v) is 8.74. The molecule has 33 heavy (non-hydrogen) atoms. The summed E-state index contributed by atoms with van der Waals surface area (Å²) in [6.07, 6.45) is 0.212. The highest BCUT2D eigenvalue weighted by Gasteiger charge is 2.47. The fraction of sp³-hybridized carbons (Fsp3) is 0.667. The smallest absolute Gasteiger partial charge is 0.254 e. The molecular weight excluding hydrogens is 502 g/mol. The highest BCUT2D eigenvalue weighted by atomic mass is 35.5. The number of halogens is 5. The molecule has 0 unspecified atom stereocenters. The van der Waals surface area contributed by atoms with E-state index in [0.717, 1.165) is 6.07 Å². The summed E-state index contributed by atoms with van der Waals surface area (Å²) >= 11 is 5.74. The second kappa shape index (κ2) is 11.1. The Morgan fingerprint density at radius 1 is 1.12 bits per heavy atom. The number of hydrogen-bond acceptors (Lipinski definition) is 4. The zero-order valence-corrected chi connectivity index (χ0v) is 20.8. The molecule has 12 heteroatoms. The lowest BCUT2D eigenvalue weighted by Crippen LogP contribution is -2.63. The Labute approximate surface area is 204 Å². The van der Waals surface area contributed by atoms with Gasteiger partial charge in [-0.05, 0) is 37.5 Å². The first-order chi connectivity index (χ1) is 15.0. The second-order valence-electron chi connectivity index (χ2n) is 8.59. The first kappa shape index (κ1) is 28.2. The van der Waals surface area contributed by atoms with E-state index in [1.165, 1.54) is 16.4 Å². The number of carbonyl (C=O) groups is 1. The van der Waals surface area contributed by atoms with Crippen LogP contribution < -0.4 is 5.32 Å². The number of nitrogens with zero attached hydrogens (tertiary/aromatic N) is 2. The molecule has 1 saturated carbocycles. The molecule has 1 amide bonds. The zero-order valence-electron chi connectivity index (χ0n) is 18.5. The molecule has 0 aromatic heterocycles. The van der Waals surface area contributed by atoms with Crippen LogP contribution in [0.3, 0.4) is 0 Å². The third kappa shape index (κ3) is 6.75. The highest BCUT2D eigenvalue weighted by molar-refractivity contribution is 7.89. The monoisotopic (exact) mass is 531 g/mol. The summed E-state index contributed by atoms with van der Waals surface area (Å²) in [6, 6.07) is 3.74. The van der Waals surface area contributed by atoms with Gasteiger partial charge in [-0.1, -0.05) is 18.5 Å². The van der Waals surface area contributed by atoms with Gasteiger partial charge < -0.3 is 5.32 Å². The molecule has 0 radical (unpaired) electrons. The SMILES string of the molecule is CCCS(=O)(=O)N1CCN(C2(CNC(=O)c3ccc(Cl)cc3F)CCC(F)(F)CC2)CC1.Cl. The van der Waals surface area contributed by atoms with Crippen LogP contribution in [0.2, 0.25) is 5.02 Å². The molecule has 1 aliphatic carbocycles. The number of rotatable bonds is 7. The van der Waals surface area contributed by atoms with Crippen molar-refractivity contribution in [3.63, 3.8) is 0 Å². The van der Waals surface area contributed by atoms with Crippen molar-refractivity contribution in [2.24, 2.45) is 0 Å². The fourth-order valence-electron chi connectivity index (χ4n) is 4.53. The molecule has 1 aromatic carbocycles. The summed E-state index contributed by atoms with van der Waals surface area (Å²) in [5.74, 6) is -4.08. The van der Waals surface area contributed by atoms with Crippen molar-refractivity contribution in [1.82, 2.24) is 14.5 Å². The maximum Gasteiger partial charge on any atom is 0.254 e. The van der Waals surface area contributed by atoms with Gasteiger partial charge in [0.05, 0.1) is 11.3 Å². The Morgan fingerprint density at radius 3 is 2.27 bits per heavy atom. The molecule has 2 fully saturated rings. The lowest BCUT2D eigenvalue weighted by Gasteiger charge is -2.50. The molecular formula is C21H30Cl2F3N3O3S. The number of benzene rings is 1. The van der Waals surface area contributed by atoms with Gasteiger partial charge in [0, 0.05) is 56.1 Å². The Morgan fingerprint density at radius 2 is 1.73 bits per heavy atom. The van der Waals surface area contributed by atoms with Gasteiger partial charge >= 0.3 is 0 Å². The van der Waals surface area contributed by atoms with Crippen LogP contribution in [0.15, 0.2) is 18.2 Å². The van der Waals surface area contributed by atoms with Gasteiger partial charge in [-0.2, -0.15) is 4.31 Å². The molecule has 1 heterocycles. The van der Waals surface area contributed by atoms with Gasteiger partial charge in [0.2, 0.25) is 15.9 Å². The summed E-state index contributed by atoms with van der Waals surface area (Å²) in [4.78, 5) is 14.6. The van der Waals surface area contributed by atoms with Crippen LogP contribution >= 0.6 is 24.0 Å². The Bertz CT molecular complexity index is 932. The number of sulfonamides is 1. The van der Waals surface area contributed by atoms with Crippen LogP contribution in [-0.4, -0.2) is 73.5 Å². The fourth-order valence-corrected chi connectivity index (χ4v) is 6.18. The van der Waals surface area contributed by atoms with Crippen LogP contribution in [0.1, 0.15) is 49.4 Å². The van der Waals surface area contributed by atoms with Crippen LogP contribution in [0.4, 0.5) is 13.2 Å². The van der Waals surface area contributed by atoms with Gasteiger partial charge in [0.25, 0.3) is 5.91 Å². The van der Waals surface area contributed by atoms with Gasteiger partial charge in [-0.25, -0.2) is 21.6 Å². The van der Waals surface area contributed by atoms with Crippen molar-refractivity contribution in [3.8, 4) is 0 Å². The molecule has 188 valence electrons. The first-order valence-electron chi connectivity index (χ1n) is 10.8. The maximum atomic E-state index is 14.1. The minimum atomic E-state index is -3.33. The van der Waals surface area contributed by atoms with Crippen LogP contribution in [0, 0.1) is 5.82 Å². The van der Waals surface area contributed by atoms with Gasteiger partial charge in [0.15, 0.2) is 0 Å². The zero-order chi connectivity index (χ0) is 23.6. The number of nitrogens with one attached hydrogen (secondary N) is 1. The van der Waals surface area contributed by atoms with Crippen molar-refractivity contribution in [3.05, 3.63) is 34.6 Å². The molecule has 0 spiro atoms. The average Bonchev–Trinajstić information content (AvgIpc) is 2.73. The van der Waals surface area contributed by atoms with E-state index in [0.29, 0.717) is 19.5 Å². The molecule has 6 nitrogen and oxygen atoms in total. The predicted octanol–water partition coefficient (Wildman–Crippen LogP) is 3.94. The normalized spacial score (nSPS) is 21.2. The Kier molecular flexibility index (Phi) is 9.49. The number of piperazine rings is 1. The van der Waals surface area contributed by atoms with E-state index in [4.69, 9.17) is 11.6 Å². The summed E-state index contributed by atoms with van der Waals surface area (Å²) in [5, 5.41) is 2.88. The van der Waals surface area contributed by atoms with E-state index in [1.807, 2.05) is 4.90 Å². The first-order valence-corrected chi connectivity index (χ1v) is 12.8. The van der Waals surface area contributed by atoms with Gasteiger partial charge in [-0.3, -0.25) is 9.69 Å². The molecule has 0 bridgehead atoms. The standard InChI is InChI=1S/C21H29ClF3N3O3S.ClH/c1-2-13-32(30,31)28-11-9-27(10-12-28)20(5-7-21(24,25)8-6-20)15-26-19(29)17-4-3-16(22)14-18(17)23;/h3-4,14H,2,5-13,15H2,1H3,(H,26,29);1H. The van der Waals surface area contributed by atoms with Crippen LogP contribution in [-0.2, 0) is 10.0 Å². The molecule has 1 aromatic rings. The molecule has 3 rings (SSSR count). The lowest BCUT2D eigenvalue weighted by atomic mass is 9.78. The Balaban J connectivity index is 0.00000385. The van der Waals surface area contributed by atoms with Crippen molar-refractivity contribution in [2.45, 2.75) is 50.5 Å². The van der Waals surface area contributed by atoms with Gasteiger partial charge in [0.1, 0.15) is 5.82 Å². The molecule has 0 atom stereocenters. The number of amides is 1. The second-order valence-corrected chi connectivity index (χ2v) is 11.1. The van der Waals surface area contributed by atoms with E-state index < -0.39 is 33.2 Å². The Hall–Kier alpha value is -1.07. The van der Waals surface area contributed by atoms with E-state index in [-0.39, 0.29) is 74.1 Å².